The number of carbonyl (C=O) groups excluding carboxylic acids is 1. The number of aromatic nitrogens is 2. The lowest BCUT2D eigenvalue weighted by molar-refractivity contribution is 0.0995. The van der Waals surface area contributed by atoms with E-state index >= 15 is 0 Å². The van der Waals surface area contributed by atoms with Gasteiger partial charge in [-0.3, -0.25) is 9.52 Å². The number of aliphatic hydroxyl groups is 1. The number of anilines is 5. The van der Waals surface area contributed by atoms with Crippen molar-refractivity contribution in [2.45, 2.75) is 51.2 Å². The van der Waals surface area contributed by atoms with Gasteiger partial charge in [0.2, 0.25) is 10.0 Å². The Balaban J connectivity index is 1.66. The minimum Gasteiger partial charge on any atom is -0.393 e. The fourth-order valence-corrected chi connectivity index (χ4v) is 5.42. The van der Waals surface area contributed by atoms with E-state index in [0.29, 0.717) is 42.1 Å². The fraction of sp³-hybridized carbons (Fsp3) is 0.560. The van der Waals surface area contributed by atoms with E-state index in [1.54, 1.807) is 6.07 Å². The molecule has 0 bridgehead atoms. The monoisotopic (exact) mass is 546 g/mol. The van der Waals surface area contributed by atoms with E-state index < -0.39 is 15.9 Å². The molecule has 12 nitrogen and oxygen atoms in total. The molecular weight excluding hydrogens is 508 g/mol. The smallest absolute Gasteiger partial charge is 0.271 e. The summed E-state index contributed by atoms with van der Waals surface area (Å²) < 4.78 is 26.9. The Bertz CT molecular complexity index is 1260. The predicted molar refractivity (Wildman–Crippen MR) is 150 cm³/mol. The number of amides is 1. The summed E-state index contributed by atoms with van der Waals surface area (Å²) in [5.74, 6) is 0.0289. The molecule has 208 valence electrons. The summed E-state index contributed by atoms with van der Waals surface area (Å²) >= 11 is 0. The highest BCUT2D eigenvalue weighted by atomic mass is 32.2. The lowest BCUT2D eigenvalue weighted by atomic mass is 9.93. The van der Waals surface area contributed by atoms with E-state index in [1.165, 1.54) is 0 Å². The Morgan fingerprint density at radius 3 is 2.39 bits per heavy atom. The summed E-state index contributed by atoms with van der Waals surface area (Å²) in [4.78, 5) is 25.9. The minimum atomic E-state index is -3.54. The van der Waals surface area contributed by atoms with Crippen molar-refractivity contribution >= 4 is 44.6 Å². The second-order valence-corrected chi connectivity index (χ2v) is 11.9. The molecule has 1 aromatic heterocycles. The van der Waals surface area contributed by atoms with Crippen molar-refractivity contribution in [3.8, 4) is 0 Å². The van der Waals surface area contributed by atoms with E-state index in [2.05, 4.69) is 37.2 Å². The number of nitrogens with two attached hydrogens (primary N) is 1. The Morgan fingerprint density at radius 1 is 1.11 bits per heavy atom. The van der Waals surface area contributed by atoms with Gasteiger partial charge in [-0.1, -0.05) is 6.92 Å². The van der Waals surface area contributed by atoms with Crippen LogP contribution in [0.5, 0.6) is 0 Å². The molecule has 0 radical (unpaired) electrons. The molecular formula is C25H38N8O4S. The standard InChI is InChI=1S/C25H38N8O4S/c1-4-19-24(27-16-5-8-18(34)9-6-16)30-25(22(29-19)23(26)35)28-17-7-10-21(20(15-17)31-38(3,36)37)33-13-11-32(2)12-14-33/h7,10,15-16,18,31,34H,4-6,8-9,11-14H2,1-3H3,(H2,26,35)(H2,27,28,30)/t16-,18-. The first-order chi connectivity index (χ1) is 18.0. The van der Waals surface area contributed by atoms with Gasteiger partial charge in [0.25, 0.3) is 5.91 Å². The first kappa shape index (κ1) is 27.9. The lowest BCUT2D eigenvalue weighted by Crippen LogP contribution is -2.44. The second-order valence-electron chi connectivity index (χ2n) is 10.1. The quantitative estimate of drug-likeness (QED) is 0.313. The molecule has 1 saturated carbocycles. The molecule has 4 rings (SSSR count). The van der Waals surface area contributed by atoms with Gasteiger partial charge in [-0.25, -0.2) is 18.4 Å². The summed E-state index contributed by atoms with van der Waals surface area (Å²) in [6.07, 6.45) is 4.43. The number of benzene rings is 1. The molecule has 2 aromatic rings. The van der Waals surface area contributed by atoms with Crippen molar-refractivity contribution in [2.24, 2.45) is 5.73 Å². The van der Waals surface area contributed by atoms with Crippen LogP contribution in [0.3, 0.4) is 0 Å². The first-order valence-electron chi connectivity index (χ1n) is 13.0. The normalized spacial score (nSPS) is 20.7. The maximum atomic E-state index is 12.3. The van der Waals surface area contributed by atoms with Gasteiger partial charge >= 0.3 is 0 Å². The van der Waals surface area contributed by atoms with Crippen LogP contribution in [0.1, 0.15) is 48.8 Å². The van der Waals surface area contributed by atoms with Crippen LogP contribution in [0.4, 0.5) is 28.7 Å². The molecule has 6 N–H and O–H groups in total. The van der Waals surface area contributed by atoms with Gasteiger partial charge in [-0.15, -0.1) is 0 Å². The number of nitrogens with one attached hydrogen (secondary N) is 3. The van der Waals surface area contributed by atoms with Crippen molar-refractivity contribution in [3.05, 3.63) is 29.6 Å². The number of aliphatic hydroxyl groups excluding tert-OH is 1. The van der Waals surface area contributed by atoms with Crippen LogP contribution in [0.25, 0.3) is 0 Å². The molecule has 1 saturated heterocycles. The number of aryl methyl sites for hydroxylation is 1. The third-order valence-corrected chi connectivity index (χ3v) is 7.56. The number of sulfonamides is 1. The SMILES string of the molecule is CCc1nc(C(N)=O)c(Nc2ccc(N3CCN(C)CC3)c(NS(C)(=O)=O)c2)nc1N[C@H]1CC[C@H](O)CC1. The van der Waals surface area contributed by atoms with Gasteiger partial charge in [0, 0.05) is 37.9 Å². The topological polar surface area (TPSA) is 166 Å². The molecule has 2 fully saturated rings. The van der Waals surface area contributed by atoms with Crippen LogP contribution in [-0.4, -0.2) is 85.9 Å². The highest BCUT2D eigenvalue weighted by molar-refractivity contribution is 7.92. The average molecular weight is 547 g/mol. The maximum Gasteiger partial charge on any atom is 0.271 e. The zero-order chi connectivity index (χ0) is 27.4. The number of hydrogen-bond acceptors (Lipinski definition) is 10. The van der Waals surface area contributed by atoms with E-state index in [1.807, 2.05) is 19.1 Å². The van der Waals surface area contributed by atoms with E-state index in [4.69, 9.17) is 10.7 Å². The lowest BCUT2D eigenvalue weighted by Gasteiger charge is -2.35. The maximum absolute atomic E-state index is 12.3. The highest BCUT2D eigenvalue weighted by Gasteiger charge is 2.24. The van der Waals surface area contributed by atoms with Gasteiger partial charge in [-0.05, 0) is 57.4 Å². The van der Waals surface area contributed by atoms with Crippen molar-refractivity contribution in [3.63, 3.8) is 0 Å². The third kappa shape index (κ3) is 7.03. The predicted octanol–water partition coefficient (Wildman–Crippen LogP) is 1.72. The number of nitrogens with zero attached hydrogens (tertiary/aromatic N) is 4. The number of rotatable bonds is 9. The molecule has 1 aliphatic carbocycles. The minimum absolute atomic E-state index is 0.00670. The molecule has 2 aliphatic rings. The summed E-state index contributed by atoms with van der Waals surface area (Å²) in [5.41, 5.74) is 8.02. The Morgan fingerprint density at radius 2 is 1.79 bits per heavy atom. The van der Waals surface area contributed by atoms with Crippen molar-refractivity contribution in [1.82, 2.24) is 14.9 Å². The van der Waals surface area contributed by atoms with Gasteiger partial charge in [0.15, 0.2) is 11.5 Å². The molecule has 1 aliphatic heterocycles. The van der Waals surface area contributed by atoms with Crippen LogP contribution < -0.4 is 26.0 Å². The average Bonchev–Trinajstić information content (AvgIpc) is 2.85. The van der Waals surface area contributed by atoms with Crippen LogP contribution in [0.15, 0.2) is 18.2 Å². The molecule has 13 heteroatoms. The van der Waals surface area contributed by atoms with Crippen molar-refractivity contribution in [1.29, 1.82) is 0 Å². The molecule has 0 spiro atoms. The summed E-state index contributed by atoms with van der Waals surface area (Å²) in [5, 5.41) is 16.4. The van der Waals surface area contributed by atoms with Crippen LogP contribution in [0, 0.1) is 0 Å². The van der Waals surface area contributed by atoms with Gasteiger partial charge in [0.1, 0.15) is 5.82 Å². The van der Waals surface area contributed by atoms with Crippen LogP contribution in [0.2, 0.25) is 0 Å². The van der Waals surface area contributed by atoms with E-state index in [9.17, 15) is 18.3 Å². The fourth-order valence-electron chi connectivity index (χ4n) is 4.86. The summed E-state index contributed by atoms with van der Waals surface area (Å²) in [6.45, 7) is 5.21. The Kier molecular flexibility index (Phi) is 8.58. The molecule has 1 aromatic carbocycles. The number of piperazine rings is 1. The van der Waals surface area contributed by atoms with E-state index in [-0.39, 0.29) is 23.7 Å². The Hall–Kier alpha value is -3.16. The van der Waals surface area contributed by atoms with Gasteiger partial charge in [-0.2, -0.15) is 0 Å². The Labute approximate surface area is 224 Å². The second kappa shape index (κ2) is 11.7. The van der Waals surface area contributed by atoms with Crippen LogP contribution >= 0.6 is 0 Å². The van der Waals surface area contributed by atoms with Crippen molar-refractivity contribution in [2.75, 3.05) is 59.7 Å². The number of carbonyl (C=O) groups is 1. The number of primary amides is 1. The van der Waals surface area contributed by atoms with E-state index in [0.717, 1.165) is 51.0 Å². The molecule has 0 atom stereocenters. The molecule has 0 unspecified atom stereocenters. The largest absolute Gasteiger partial charge is 0.393 e. The highest BCUT2D eigenvalue weighted by Crippen LogP contribution is 2.33. The first-order valence-corrected chi connectivity index (χ1v) is 14.9. The van der Waals surface area contributed by atoms with Crippen molar-refractivity contribution < 1.29 is 18.3 Å². The molecule has 38 heavy (non-hydrogen) atoms. The summed E-state index contributed by atoms with van der Waals surface area (Å²) in [7, 11) is -1.48. The number of likely N-dealkylation sites (N-methyl/N-ethyl adjacent to an activating group) is 1. The third-order valence-electron chi connectivity index (χ3n) is 6.97. The zero-order valence-corrected chi connectivity index (χ0v) is 23.0. The molecule has 2 heterocycles. The summed E-state index contributed by atoms with van der Waals surface area (Å²) in [6, 6.07) is 5.49. The van der Waals surface area contributed by atoms with Gasteiger partial charge < -0.3 is 31.3 Å². The molecule has 1 amide bonds. The zero-order valence-electron chi connectivity index (χ0n) is 22.2. The number of hydrogen-bond donors (Lipinski definition) is 5. The van der Waals surface area contributed by atoms with Crippen LogP contribution in [-0.2, 0) is 16.4 Å². The van der Waals surface area contributed by atoms with Gasteiger partial charge in [0.05, 0.1) is 29.4 Å².